The van der Waals surface area contributed by atoms with Gasteiger partial charge in [0.15, 0.2) is 0 Å². The molecular weight excluding hydrogens is 212 g/mol. The van der Waals surface area contributed by atoms with Gasteiger partial charge in [-0.15, -0.1) is 0 Å². The molecule has 0 saturated carbocycles. The Labute approximate surface area is 102 Å². The number of benzene rings is 1. The Morgan fingerprint density at radius 1 is 1.29 bits per heavy atom. The van der Waals surface area contributed by atoms with Crippen molar-refractivity contribution in [2.24, 2.45) is 5.92 Å². The molecule has 17 heavy (non-hydrogen) atoms. The minimum absolute atomic E-state index is 0.285. The second-order valence-electron chi connectivity index (χ2n) is 5.02. The summed E-state index contributed by atoms with van der Waals surface area (Å²) in [5, 5.41) is 3.38. The van der Waals surface area contributed by atoms with E-state index < -0.39 is 0 Å². The normalized spacial score (nSPS) is 27.2. The highest BCUT2D eigenvalue weighted by Gasteiger charge is 2.39. The van der Waals surface area contributed by atoms with Crippen molar-refractivity contribution in [2.75, 3.05) is 19.6 Å². The molecule has 2 heterocycles. The van der Waals surface area contributed by atoms with E-state index in [2.05, 4.69) is 10.2 Å². The number of hydrogen-bond acceptors (Lipinski definition) is 2. The van der Waals surface area contributed by atoms with Gasteiger partial charge in [0.1, 0.15) is 0 Å². The minimum Gasteiger partial charge on any atom is -0.338 e. The van der Waals surface area contributed by atoms with Crippen LogP contribution >= 0.6 is 0 Å². The van der Waals surface area contributed by atoms with Crippen molar-refractivity contribution in [3.05, 3.63) is 35.9 Å². The Morgan fingerprint density at radius 2 is 2.12 bits per heavy atom. The predicted molar refractivity (Wildman–Crippen MR) is 66.6 cm³/mol. The third kappa shape index (κ3) is 2.07. The minimum atomic E-state index is 0.285. The summed E-state index contributed by atoms with van der Waals surface area (Å²) in [5.41, 5.74) is 1.12. The average molecular weight is 230 g/mol. The third-order valence-electron chi connectivity index (χ3n) is 3.96. The molecule has 0 aromatic heterocycles. The largest absolute Gasteiger partial charge is 0.338 e. The van der Waals surface area contributed by atoms with Gasteiger partial charge >= 0.3 is 0 Å². The van der Waals surface area contributed by atoms with E-state index >= 15 is 0 Å². The second-order valence-corrected chi connectivity index (χ2v) is 5.02. The summed E-state index contributed by atoms with van der Waals surface area (Å²) >= 11 is 0. The van der Waals surface area contributed by atoms with Gasteiger partial charge in [-0.3, -0.25) is 4.79 Å². The average Bonchev–Trinajstić information content (AvgIpc) is 2.91. The molecule has 1 aromatic rings. The zero-order valence-electron chi connectivity index (χ0n) is 9.93. The smallest absolute Gasteiger partial charge is 0.227 e. The van der Waals surface area contributed by atoms with Gasteiger partial charge in [-0.05, 0) is 17.9 Å². The summed E-state index contributed by atoms with van der Waals surface area (Å²) in [6, 6.07) is 10.5. The fraction of sp³-hybridized carbons (Fsp3) is 0.500. The second kappa shape index (κ2) is 4.49. The van der Waals surface area contributed by atoms with E-state index in [0.29, 0.717) is 18.4 Å². The van der Waals surface area contributed by atoms with Crippen molar-refractivity contribution in [1.82, 2.24) is 10.2 Å². The molecule has 0 unspecified atom stereocenters. The van der Waals surface area contributed by atoms with Crippen molar-refractivity contribution in [2.45, 2.75) is 18.9 Å². The highest BCUT2D eigenvalue weighted by molar-refractivity contribution is 5.79. The van der Waals surface area contributed by atoms with E-state index in [4.69, 9.17) is 0 Å². The first-order valence-corrected chi connectivity index (χ1v) is 6.39. The van der Waals surface area contributed by atoms with Gasteiger partial charge in [0, 0.05) is 25.7 Å². The fourth-order valence-corrected chi connectivity index (χ4v) is 3.03. The van der Waals surface area contributed by atoms with Crippen LogP contribution in [0.5, 0.6) is 0 Å². The summed E-state index contributed by atoms with van der Waals surface area (Å²) in [6.45, 7) is 3.01. The molecule has 3 heteroatoms. The molecule has 0 aliphatic carbocycles. The third-order valence-corrected chi connectivity index (χ3v) is 3.96. The van der Waals surface area contributed by atoms with Crippen LogP contribution in [0.1, 0.15) is 12.0 Å². The molecule has 0 radical (unpaired) electrons. The van der Waals surface area contributed by atoms with E-state index in [1.165, 1.54) is 0 Å². The number of nitrogens with one attached hydrogen (secondary N) is 1. The van der Waals surface area contributed by atoms with Gasteiger partial charge in [0.05, 0.1) is 6.42 Å². The number of nitrogens with zero attached hydrogens (tertiary/aromatic N) is 1. The molecule has 1 aromatic carbocycles. The molecular formula is C14H18N2O. The summed E-state index contributed by atoms with van der Waals surface area (Å²) in [6.07, 6.45) is 1.71. The van der Waals surface area contributed by atoms with Gasteiger partial charge in [-0.25, -0.2) is 0 Å². The first-order valence-electron chi connectivity index (χ1n) is 6.39. The number of rotatable bonds is 2. The van der Waals surface area contributed by atoms with Crippen LogP contribution in [-0.2, 0) is 11.2 Å². The number of likely N-dealkylation sites (tertiary alicyclic amines) is 1. The number of hydrogen-bond donors (Lipinski definition) is 1. The molecule has 1 N–H and O–H groups in total. The topological polar surface area (TPSA) is 32.3 Å². The lowest BCUT2D eigenvalue weighted by Crippen LogP contribution is -2.39. The van der Waals surface area contributed by atoms with Crippen molar-refractivity contribution >= 4 is 5.91 Å². The zero-order valence-corrected chi connectivity index (χ0v) is 9.93. The lowest BCUT2D eigenvalue weighted by molar-refractivity contribution is -0.131. The Morgan fingerprint density at radius 3 is 2.94 bits per heavy atom. The van der Waals surface area contributed by atoms with E-state index in [0.717, 1.165) is 31.6 Å². The van der Waals surface area contributed by atoms with Gasteiger partial charge in [-0.1, -0.05) is 30.3 Å². The summed E-state index contributed by atoms with van der Waals surface area (Å²) in [5.74, 6) is 0.974. The van der Waals surface area contributed by atoms with Crippen LogP contribution in [0.25, 0.3) is 0 Å². The van der Waals surface area contributed by atoms with Gasteiger partial charge < -0.3 is 10.2 Å². The quantitative estimate of drug-likeness (QED) is 0.823. The van der Waals surface area contributed by atoms with Crippen molar-refractivity contribution in [3.63, 3.8) is 0 Å². The van der Waals surface area contributed by atoms with Crippen LogP contribution in [0.2, 0.25) is 0 Å². The van der Waals surface area contributed by atoms with Crippen LogP contribution in [0.3, 0.4) is 0 Å². The number of carbonyl (C=O) groups is 1. The van der Waals surface area contributed by atoms with E-state index in [9.17, 15) is 4.79 Å². The zero-order chi connectivity index (χ0) is 11.7. The Balaban J connectivity index is 1.67. The standard InChI is InChI=1S/C14H18N2O/c17-14(8-11-4-2-1-3-5-11)16-7-6-12-9-15-10-13(12)16/h1-5,12-13,15H,6-10H2/t12-,13+/m0/s1. The first kappa shape index (κ1) is 10.8. The maximum atomic E-state index is 12.3. The van der Waals surface area contributed by atoms with Crippen LogP contribution in [0.4, 0.5) is 0 Å². The highest BCUT2D eigenvalue weighted by atomic mass is 16.2. The van der Waals surface area contributed by atoms with Crippen molar-refractivity contribution in [1.29, 1.82) is 0 Å². The molecule has 2 atom stereocenters. The number of carbonyl (C=O) groups excluding carboxylic acids is 1. The Kier molecular flexibility index (Phi) is 2.85. The molecule has 2 fully saturated rings. The monoisotopic (exact) mass is 230 g/mol. The van der Waals surface area contributed by atoms with Crippen LogP contribution < -0.4 is 5.32 Å². The summed E-state index contributed by atoms with van der Waals surface area (Å²) in [4.78, 5) is 14.3. The summed E-state index contributed by atoms with van der Waals surface area (Å²) in [7, 11) is 0. The van der Waals surface area contributed by atoms with Crippen molar-refractivity contribution < 1.29 is 4.79 Å². The highest BCUT2D eigenvalue weighted by Crippen LogP contribution is 2.27. The maximum Gasteiger partial charge on any atom is 0.227 e. The lowest BCUT2D eigenvalue weighted by Gasteiger charge is -2.23. The van der Waals surface area contributed by atoms with Gasteiger partial charge in [0.2, 0.25) is 5.91 Å². The van der Waals surface area contributed by atoms with Crippen LogP contribution in [0.15, 0.2) is 30.3 Å². The Bertz CT molecular complexity index is 404. The molecule has 3 nitrogen and oxygen atoms in total. The predicted octanol–water partition coefficient (Wildman–Crippen LogP) is 1.05. The van der Waals surface area contributed by atoms with E-state index in [1.807, 2.05) is 30.3 Å². The lowest BCUT2D eigenvalue weighted by atomic mass is 10.0. The molecule has 90 valence electrons. The van der Waals surface area contributed by atoms with Crippen molar-refractivity contribution in [3.8, 4) is 0 Å². The molecule has 3 rings (SSSR count). The molecule has 2 saturated heterocycles. The maximum absolute atomic E-state index is 12.3. The fourth-order valence-electron chi connectivity index (χ4n) is 3.03. The van der Waals surface area contributed by atoms with Crippen LogP contribution in [0, 0.1) is 5.92 Å². The molecule has 1 amide bonds. The van der Waals surface area contributed by atoms with Crippen LogP contribution in [-0.4, -0.2) is 36.5 Å². The molecule has 0 spiro atoms. The first-order chi connectivity index (χ1) is 8.34. The van der Waals surface area contributed by atoms with Gasteiger partial charge in [0.25, 0.3) is 0 Å². The SMILES string of the molecule is O=C(Cc1ccccc1)N1CC[C@H]2CNC[C@H]21. The molecule has 2 aliphatic heterocycles. The Hall–Kier alpha value is -1.35. The van der Waals surface area contributed by atoms with E-state index in [1.54, 1.807) is 0 Å². The summed E-state index contributed by atoms with van der Waals surface area (Å²) < 4.78 is 0. The van der Waals surface area contributed by atoms with Gasteiger partial charge in [-0.2, -0.15) is 0 Å². The molecule has 0 bridgehead atoms. The number of amides is 1. The van der Waals surface area contributed by atoms with E-state index in [-0.39, 0.29) is 5.91 Å². The molecule has 2 aliphatic rings. The number of fused-ring (bicyclic) bond motifs is 1.